The second-order valence-electron chi connectivity index (χ2n) is 5.25. The summed E-state index contributed by atoms with van der Waals surface area (Å²) in [7, 11) is 0. The number of aliphatic hydroxyl groups excluding tert-OH is 1. The number of benzene rings is 2. The van der Waals surface area contributed by atoms with E-state index in [0.29, 0.717) is 0 Å². The molecule has 112 valence electrons. The highest BCUT2D eigenvalue weighted by molar-refractivity contribution is 5.21. The van der Waals surface area contributed by atoms with Crippen molar-refractivity contribution < 1.29 is 9.50 Å². The zero-order valence-corrected chi connectivity index (χ0v) is 12.3. The summed E-state index contributed by atoms with van der Waals surface area (Å²) in [5, 5.41) is 13.0. The first-order valence-corrected chi connectivity index (χ1v) is 7.39. The van der Waals surface area contributed by atoms with Crippen LogP contribution in [0.4, 0.5) is 4.39 Å². The lowest BCUT2D eigenvalue weighted by Crippen LogP contribution is -2.37. The van der Waals surface area contributed by atoms with Gasteiger partial charge in [-0.15, -0.1) is 0 Å². The van der Waals surface area contributed by atoms with Gasteiger partial charge in [0.25, 0.3) is 0 Å². The van der Waals surface area contributed by atoms with E-state index in [1.54, 1.807) is 12.1 Å². The average molecular weight is 287 g/mol. The van der Waals surface area contributed by atoms with E-state index in [1.165, 1.54) is 11.6 Å². The van der Waals surface area contributed by atoms with E-state index in [-0.39, 0.29) is 24.5 Å². The summed E-state index contributed by atoms with van der Waals surface area (Å²) in [6.45, 7) is 2.11. The van der Waals surface area contributed by atoms with Gasteiger partial charge in [0, 0.05) is 12.1 Å². The van der Waals surface area contributed by atoms with E-state index in [1.807, 2.05) is 36.4 Å². The van der Waals surface area contributed by atoms with E-state index in [4.69, 9.17) is 0 Å². The van der Waals surface area contributed by atoms with Crippen molar-refractivity contribution in [3.05, 3.63) is 71.5 Å². The molecule has 0 bridgehead atoms. The van der Waals surface area contributed by atoms with Gasteiger partial charge in [0.05, 0.1) is 6.61 Å². The van der Waals surface area contributed by atoms with E-state index in [2.05, 4.69) is 12.2 Å². The zero-order valence-electron chi connectivity index (χ0n) is 12.3. The SMILES string of the molecule is CCC(N[C@@H](CO)Cc1ccccc1)c1cccc(F)c1. The minimum Gasteiger partial charge on any atom is -0.395 e. The van der Waals surface area contributed by atoms with Crippen molar-refractivity contribution in [1.82, 2.24) is 5.32 Å². The van der Waals surface area contributed by atoms with Crippen LogP contribution < -0.4 is 5.32 Å². The molecule has 2 aromatic rings. The summed E-state index contributed by atoms with van der Waals surface area (Å²) in [6.07, 6.45) is 1.60. The molecular formula is C18H22FNO. The monoisotopic (exact) mass is 287 g/mol. The average Bonchev–Trinajstić information content (AvgIpc) is 2.52. The molecule has 0 aliphatic heterocycles. The minimum atomic E-state index is -0.226. The molecule has 21 heavy (non-hydrogen) atoms. The molecule has 0 aliphatic carbocycles. The third-order valence-electron chi connectivity index (χ3n) is 3.64. The molecule has 0 amide bonds. The summed E-state index contributed by atoms with van der Waals surface area (Å²) in [6, 6.07) is 16.7. The lowest BCUT2D eigenvalue weighted by Gasteiger charge is -2.24. The summed E-state index contributed by atoms with van der Waals surface area (Å²) in [4.78, 5) is 0. The number of hydrogen-bond donors (Lipinski definition) is 2. The van der Waals surface area contributed by atoms with Crippen LogP contribution in [0.3, 0.4) is 0 Å². The van der Waals surface area contributed by atoms with Crippen LogP contribution in [0.1, 0.15) is 30.5 Å². The Morgan fingerprint density at radius 2 is 1.86 bits per heavy atom. The third-order valence-corrected chi connectivity index (χ3v) is 3.64. The Morgan fingerprint density at radius 1 is 1.10 bits per heavy atom. The molecule has 0 saturated carbocycles. The molecule has 0 radical (unpaired) electrons. The van der Waals surface area contributed by atoms with Gasteiger partial charge >= 0.3 is 0 Å². The molecule has 0 heterocycles. The van der Waals surface area contributed by atoms with Crippen molar-refractivity contribution in [1.29, 1.82) is 0 Å². The lowest BCUT2D eigenvalue weighted by atomic mass is 10.0. The molecule has 0 saturated heterocycles. The molecule has 0 fully saturated rings. The fourth-order valence-electron chi connectivity index (χ4n) is 2.53. The minimum absolute atomic E-state index is 0.0411. The predicted molar refractivity (Wildman–Crippen MR) is 83.6 cm³/mol. The van der Waals surface area contributed by atoms with Crippen molar-refractivity contribution in [3.63, 3.8) is 0 Å². The van der Waals surface area contributed by atoms with Crippen LogP contribution in [0.15, 0.2) is 54.6 Å². The van der Waals surface area contributed by atoms with Crippen molar-refractivity contribution >= 4 is 0 Å². The van der Waals surface area contributed by atoms with Gasteiger partial charge in [-0.25, -0.2) is 4.39 Å². The summed E-state index contributed by atoms with van der Waals surface area (Å²) < 4.78 is 13.4. The highest BCUT2D eigenvalue weighted by Crippen LogP contribution is 2.19. The van der Waals surface area contributed by atoms with Gasteiger partial charge in [-0.2, -0.15) is 0 Å². The Kier molecular flexibility index (Phi) is 5.90. The summed E-state index contributed by atoms with van der Waals surface area (Å²) >= 11 is 0. The zero-order chi connectivity index (χ0) is 15.1. The van der Waals surface area contributed by atoms with E-state index in [0.717, 1.165) is 18.4 Å². The molecular weight excluding hydrogens is 265 g/mol. The highest BCUT2D eigenvalue weighted by Gasteiger charge is 2.16. The van der Waals surface area contributed by atoms with Gasteiger partial charge in [0.15, 0.2) is 0 Å². The smallest absolute Gasteiger partial charge is 0.123 e. The van der Waals surface area contributed by atoms with Crippen LogP contribution in [0.2, 0.25) is 0 Å². The molecule has 0 aromatic heterocycles. The van der Waals surface area contributed by atoms with Crippen LogP contribution in [0, 0.1) is 5.82 Å². The van der Waals surface area contributed by atoms with Crippen molar-refractivity contribution in [2.45, 2.75) is 31.8 Å². The number of halogens is 1. The number of nitrogens with one attached hydrogen (secondary N) is 1. The van der Waals surface area contributed by atoms with Gasteiger partial charge in [-0.05, 0) is 36.1 Å². The molecule has 2 atom stereocenters. The summed E-state index contributed by atoms with van der Waals surface area (Å²) in [5.41, 5.74) is 2.10. The maximum absolute atomic E-state index is 13.4. The second kappa shape index (κ2) is 7.91. The van der Waals surface area contributed by atoms with E-state index in [9.17, 15) is 9.50 Å². The fourth-order valence-corrected chi connectivity index (χ4v) is 2.53. The van der Waals surface area contributed by atoms with Crippen LogP contribution in [0.5, 0.6) is 0 Å². The lowest BCUT2D eigenvalue weighted by molar-refractivity contribution is 0.229. The van der Waals surface area contributed by atoms with E-state index >= 15 is 0 Å². The standard InChI is InChI=1S/C18H22FNO/c1-2-18(15-9-6-10-16(19)12-15)20-17(13-21)11-14-7-4-3-5-8-14/h3-10,12,17-18,20-21H,2,11,13H2,1H3/t17-,18?/m1/s1. The molecule has 2 N–H and O–H groups in total. The maximum Gasteiger partial charge on any atom is 0.123 e. The first kappa shape index (κ1) is 15.7. The Bertz CT molecular complexity index is 544. The van der Waals surface area contributed by atoms with Gasteiger partial charge in [-0.3, -0.25) is 0 Å². The molecule has 3 heteroatoms. The second-order valence-corrected chi connectivity index (χ2v) is 5.25. The predicted octanol–water partition coefficient (Wildman–Crippen LogP) is 3.47. The van der Waals surface area contributed by atoms with Crippen LogP contribution in [-0.4, -0.2) is 17.8 Å². The first-order valence-electron chi connectivity index (χ1n) is 7.39. The molecule has 2 nitrogen and oxygen atoms in total. The van der Waals surface area contributed by atoms with Gasteiger partial charge < -0.3 is 10.4 Å². The van der Waals surface area contributed by atoms with E-state index < -0.39 is 0 Å². The van der Waals surface area contributed by atoms with Gasteiger partial charge in [0.2, 0.25) is 0 Å². The number of aliphatic hydroxyl groups is 1. The largest absolute Gasteiger partial charge is 0.395 e. The number of hydrogen-bond acceptors (Lipinski definition) is 2. The molecule has 2 aromatic carbocycles. The van der Waals surface area contributed by atoms with Crippen LogP contribution in [0.25, 0.3) is 0 Å². The Balaban J connectivity index is 2.05. The Morgan fingerprint density at radius 3 is 2.48 bits per heavy atom. The highest BCUT2D eigenvalue weighted by atomic mass is 19.1. The quantitative estimate of drug-likeness (QED) is 0.817. The van der Waals surface area contributed by atoms with Gasteiger partial charge in [-0.1, -0.05) is 49.4 Å². The molecule has 0 spiro atoms. The third kappa shape index (κ3) is 4.66. The van der Waals surface area contributed by atoms with Gasteiger partial charge in [0.1, 0.15) is 5.82 Å². The van der Waals surface area contributed by atoms with Crippen LogP contribution in [-0.2, 0) is 6.42 Å². The normalized spacial score (nSPS) is 13.9. The Labute approximate surface area is 125 Å². The number of rotatable bonds is 7. The topological polar surface area (TPSA) is 32.3 Å². The summed E-state index contributed by atoms with van der Waals surface area (Å²) in [5.74, 6) is -0.226. The van der Waals surface area contributed by atoms with Crippen molar-refractivity contribution in [2.24, 2.45) is 0 Å². The van der Waals surface area contributed by atoms with Crippen LogP contribution >= 0.6 is 0 Å². The maximum atomic E-state index is 13.4. The molecule has 0 aliphatic rings. The molecule has 1 unspecified atom stereocenters. The van der Waals surface area contributed by atoms with Crippen molar-refractivity contribution in [3.8, 4) is 0 Å². The molecule has 2 rings (SSSR count). The first-order chi connectivity index (χ1) is 10.2. The fraction of sp³-hybridized carbons (Fsp3) is 0.333. The Hall–Kier alpha value is -1.71. The van der Waals surface area contributed by atoms with Crippen molar-refractivity contribution in [2.75, 3.05) is 6.61 Å².